The molecule has 7 heteroatoms. The molecule has 1 aromatic carbocycles. The highest BCUT2D eigenvalue weighted by Gasteiger charge is 2.15. The first-order valence-electron chi connectivity index (χ1n) is 6.46. The van der Waals surface area contributed by atoms with Gasteiger partial charge in [-0.3, -0.25) is 0 Å². The number of rotatable bonds is 7. The Kier molecular flexibility index (Phi) is 5.79. The Morgan fingerprint density at radius 1 is 1.35 bits per heavy atom. The molecule has 0 atom stereocenters. The van der Waals surface area contributed by atoms with Crippen LogP contribution in [0.15, 0.2) is 17.0 Å². The fraction of sp³-hybridized carbons (Fsp3) is 0.538. The molecule has 0 saturated carbocycles. The molecule has 0 fully saturated rings. The minimum atomic E-state index is -3.78. The monoisotopic (exact) mass is 301 g/mol. The summed E-state index contributed by atoms with van der Waals surface area (Å²) < 4.78 is 28.4. The van der Waals surface area contributed by atoms with Gasteiger partial charge in [0.05, 0.1) is 11.5 Å². The predicted molar refractivity (Wildman–Crippen MR) is 81.1 cm³/mol. The molecule has 1 rings (SSSR count). The van der Waals surface area contributed by atoms with Crippen molar-refractivity contribution in [1.82, 2.24) is 0 Å². The third kappa shape index (κ3) is 4.99. The van der Waals surface area contributed by atoms with E-state index in [0.717, 1.165) is 0 Å². The average molecular weight is 301 g/mol. The Balaban J connectivity index is 2.74. The predicted octanol–water partition coefficient (Wildman–Crippen LogP) is 1.31. The molecule has 0 amide bonds. The molecule has 0 aromatic heterocycles. The lowest BCUT2D eigenvalue weighted by Crippen LogP contribution is -2.17. The van der Waals surface area contributed by atoms with Crippen LogP contribution < -0.4 is 16.2 Å². The van der Waals surface area contributed by atoms with Crippen LogP contribution in [-0.4, -0.2) is 28.2 Å². The Hall–Kier alpha value is -1.31. The summed E-state index contributed by atoms with van der Waals surface area (Å²) in [5.74, 6) is 0.484. The Morgan fingerprint density at radius 2 is 2.00 bits per heavy atom. The van der Waals surface area contributed by atoms with Crippen LogP contribution in [-0.2, 0) is 14.8 Å². The molecule has 0 radical (unpaired) electrons. The minimum Gasteiger partial charge on any atom is -0.399 e. The normalized spacial score (nSPS) is 11.8. The van der Waals surface area contributed by atoms with Crippen LogP contribution in [0, 0.1) is 12.8 Å². The lowest BCUT2D eigenvalue weighted by Gasteiger charge is -2.14. The van der Waals surface area contributed by atoms with Crippen LogP contribution in [0.25, 0.3) is 0 Å². The van der Waals surface area contributed by atoms with Gasteiger partial charge in [0.1, 0.15) is 0 Å². The van der Waals surface area contributed by atoms with Crippen molar-refractivity contribution in [1.29, 1.82) is 0 Å². The number of nitrogen functional groups attached to an aromatic ring is 1. The number of sulfonamides is 1. The Bertz CT molecular complexity index is 556. The van der Waals surface area contributed by atoms with Gasteiger partial charge in [-0.1, -0.05) is 13.8 Å². The zero-order valence-corrected chi connectivity index (χ0v) is 13.0. The molecule has 114 valence electrons. The fourth-order valence-electron chi connectivity index (χ4n) is 1.76. The minimum absolute atomic E-state index is 0.0445. The van der Waals surface area contributed by atoms with E-state index in [1.807, 2.05) is 0 Å². The summed E-state index contributed by atoms with van der Waals surface area (Å²) in [5.41, 5.74) is 7.27. The van der Waals surface area contributed by atoms with Gasteiger partial charge in [0.2, 0.25) is 10.0 Å². The van der Waals surface area contributed by atoms with E-state index in [-0.39, 0.29) is 4.90 Å². The molecule has 0 bridgehead atoms. The molecule has 0 saturated heterocycles. The summed E-state index contributed by atoms with van der Waals surface area (Å²) in [7, 11) is -3.78. The third-order valence-corrected chi connectivity index (χ3v) is 3.74. The second-order valence-electron chi connectivity index (χ2n) is 5.13. The van der Waals surface area contributed by atoms with Crippen LogP contribution in [0.2, 0.25) is 0 Å². The van der Waals surface area contributed by atoms with Crippen molar-refractivity contribution in [3.05, 3.63) is 17.7 Å². The molecule has 0 aliphatic carbocycles. The zero-order chi connectivity index (χ0) is 15.3. The first-order valence-corrected chi connectivity index (χ1v) is 8.01. The highest BCUT2D eigenvalue weighted by molar-refractivity contribution is 7.89. The summed E-state index contributed by atoms with van der Waals surface area (Å²) in [4.78, 5) is 0.0445. The van der Waals surface area contributed by atoms with Gasteiger partial charge in [0.15, 0.2) is 0 Å². The second-order valence-corrected chi connectivity index (χ2v) is 6.66. The quantitative estimate of drug-likeness (QED) is 0.520. The summed E-state index contributed by atoms with van der Waals surface area (Å²) in [6, 6.07) is 3.05. The van der Waals surface area contributed by atoms with Gasteiger partial charge in [-0.2, -0.15) is 0 Å². The molecule has 1 aromatic rings. The number of hydrogen-bond acceptors (Lipinski definition) is 5. The molecule has 0 heterocycles. The van der Waals surface area contributed by atoms with Crippen molar-refractivity contribution in [2.45, 2.75) is 25.7 Å². The van der Waals surface area contributed by atoms with E-state index in [1.54, 1.807) is 13.0 Å². The molecule has 5 N–H and O–H groups in total. The highest BCUT2D eigenvalue weighted by atomic mass is 32.2. The lowest BCUT2D eigenvalue weighted by atomic mass is 10.2. The summed E-state index contributed by atoms with van der Waals surface area (Å²) >= 11 is 0. The fourth-order valence-corrected chi connectivity index (χ4v) is 2.60. The van der Waals surface area contributed by atoms with Crippen LogP contribution in [0.1, 0.15) is 19.4 Å². The van der Waals surface area contributed by atoms with Gasteiger partial charge in [-0.05, 0) is 30.5 Å². The van der Waals surface area contributed by atoms with Crippen molar-refractivity contribution in [3.8, 4) is 0 Å². The summed E-state index contributed by atoms with van der Waals surface area (Å²) in [6.07, 6.45) is 0. The van der Waals surface area contributed by atoms with Gasteiger partial charge in [-0.25, -0.2) is 13.6 Å². The number of hydrogen-bond donors (Lipinski definition) is 3. The third-order valence-electron chi connectivity index (χ3n) is 2.70. The molecule has 0 aliphatic rings. The maximum Gasteiger partial charge on any atom is 0.238 e. The van der Waals surface area contributed by atoms with Crippen LogP contribution in [0.5, 0.6) is 0 Å². The first-order chi connectivity index (χ1) is 9.21. The molecule has 0 unspecified atom stereocenters. The standard InChI is InChI=1S/C13H23N3O3S/c1-9(2)8-19-5-4-16-12-6-11(14)7-13(10(12)3)20(15,17)18/h6-7,9,16H,4-5,8,14H2,1-3H3,(H2,15,17,18). The molecular formula is C13H23N3O3S. The van der Waals surface area contributed by atoms with Gasteiger partial charge in [0.25, 0.3) is 0 Å². The van der Waals surface area contributed by atoms with Gasteiger partial charge in [0, 0.05) is 24.5 Å². The summed E-state index contributed by atoms with van der Waals surface area (Å²) in [5, 5.41) is 8.28. The molecule has 0 spiro atoms. The van der Waals surface area contributed by atoms with E-state index in [1.165, 1.54) is 6.07 Å². The van der Waals surface area contributed by atoms with E-state index in [9.17, 15) is 8.42 Å². The number of benzene rings is 1. The number of primary sulfonamides is 1. The molecule has 20 heavy (non-hydrogen) atoms. The Labute approximate surface area is 120 Å². The first kappa shape index (κ1) is 16.7. The van der Waals surface area contributed by atoms with E-state index < -0.39 is 10.0 Å². The van der Waals surface area contributed by atoms with Gasteiger partial charge >= 0.3 is 0 Å². The average Bonchev–Trinajstić information content (AvgIpc) is 2.30. The van der Waals surface area contributed by atoms with Gasteiger partial charge in [-0.15, -0.1) is 0 Å². The molecule has 6 nitrogen and oxygen atoms in total. The number of anilines is 2. The topological polar surface area (TPSA) is 107 Å². The zero-order valence-electron chi connectivity index (χ0n) is 12.1. The van der Waals surface area contributed by atoms with E-state index in [0.29, 0.717) is 42.6 Å². The maximum atomic E-state index is 11.5. The smallest absolute Gasteiger partial charge is 0.238 e. The maximum absolute atomic E-state index is 11.5. The van der Waals surface area contributed by atoms with Crippen molar-refractivity contribution in [3.63, 3.8) is 0 Å². The van der Waals surface area contributed by atoms with Crippen molar-refractivity contribution in [2.24, 2.45) is 11.1 Å². The SMILES string of the molecule is Cc1c(NCCOCC(C)C)cc(N)cc1S(N)(=O)=O. The van der Waals surface area contributed by atoms with Crippen LogP contribution in [0.4, 0.5) is 11.4 Å². The van der Waals surface area contributed by atoms with Crippen molar-refractivity contribution >= 4 is 21.4 Å². The van der Waals surface area contributed by atoms with Crippen molar-refractivity contribution in [2.75, 3.05) is 30.8 Å². The van der Waals surface area contributed by atoms with Gasteiger partial charge < -0.3 is 15.8 Å². The largest absolute Gasteiger partial charge is 0.399 e. The number of nitrogens with one attached hydrogen (secondary N) is 1. The second kappa shape index (κ2) is 6.92. The van der Waals surface area contributed by atoms with E-state index in [4.69, 9.17) is 15.6 Å². The lowest BCUT2D eigenvalue weighted by molar-refractivity contribution is 0.118. The Morgan fingerprint density at radius 3 is 2.55 bits per heavy atom. The van der Waals surface area contributed by atoms with Crippen molar-refractivity contribution < 1.29 is 13.2 Å². The van der Waals surface area contributed by atoms with Crippen LogP contribution >= 0.6 is 0 Å². The number of ether oxygens (including phenoxy) is 1. The molecule has 0 aliphatic heterocycles. The van der Waals surface area contributed by atoms with E-state index >= 15 is 0 Å². The summed E-state index contributed by atoms with van der Waals surface area (Å²) in [6.45, 7) is 7.65. The number of nitrogens with two attached hydrogens (primary N) is 2. The highest BCUT2D eigenvalue weighted by Crippen LogP contribution is 2.25. The molecular weight excluding hydrogens is 278 g/mol. The van der Waals surface area contributed by atoms with E-state index in [2.05, 4.69) is 19.2 Å². The van der Waals surface area contributed by atoms with Crippen LogP contribution in [0.3, 0.4) is 0 Å².